The summed E-state index contributed by atoms with van der Waals surface area (Å²) in [5.74, 6) is 0.0379. The molecule has 1 N–H and O–H groups in total. The number of hydrogen-bond donors (Lipinski definition) is 1. The van der Waals surface area contributed by atoms with E-state index in [-0.39, 0.29) is 18.1 Å². The molecule has 1 aliphatic rings. The van der Waals surface area contributed by atoms with Crippen molar-refractivity contribution in [2.45, 2.75) is 32.6 Å². The molecule has 0 atom stereocenters. The van der Waals surface area contributed by atoms with Gasteiger partial charge in [0.05, 0.1) is 12.9 Å². The first-order chi connectivity index (χ1) is 9.46. The fraction of sp³-hybridized carbons (Fsp3) is 0.923. The van der Waals surface area contributed by atoms with Crippen LogP contribution in [-0.4, -0.2) is 58.3 Å². The number of esters is 1. The number of hydrogen-bond acceptors (Lipinski definition) is 5. The lowest BCUT2D eigenvalue weighted by atomic mass is 9.97. The fourth-order valence-electron chi connectivity index (χ4n) is 2.33. The average molecular weight is 306 g/mol. The molecule has 0 unspecified atom stereocenters. The molecule has 0 aromatic heterocycles. The van der Waals surface area contributed by atoms with E-state index in [1.807, 2.05) is 0 Å². The molecule has 0 saturated carbocycles. The number of likely N-dealkylation sites (tertiary alicyclic amines) is 1. The number of nitrogens with one attached hydrogen (secondary N) is 1. The molecule has 1 fully saturated rings. The zero-order valence-corrected chi connectivity index (χ0v) is 13.2. The van der Waals surface area contributed by atoms with Crippen molar-refractivity contribution in [1.29, 1.82) is 0 Å². The topological polar surface area (TPSA) is 75.7 Å². The first kappa shape index (κ1) is 17.4. The fourth-order valence-corrected chi connectivity index (χ4v) is 3.49. The summed E-state index contributed by atoms with van der Waals surface area (Å²) in [4.78, 5) is 13.3. The Morgan fingerprint density at radius 3 is 2.55 bits per heavy atom. The largest absolute Gasteiger partial charge is 0.469 e. The SMILES string of the molecule is CCN1CCC(CNS(=O)(=O)CCCC(=O)OC)CC1. The molecule has 1 rings (SSSR count). The highest BCUT2D eigenvalue weighted by Crippen LogP contribution is 2.16. The molecule has 0 aromatic rings. The van der Waals surface area contributed by atoms with Gasteiger partial charge < -0.3 is 9.64 Å². The third-order valence-corrected chi connectivity index (χ3v) is 5.20. The molecule has 0 radical (unpaired) electrons. The maximum Gasteiger partial charge on any atom is 0.305 e. The van der Waals surface area contributed by atoms with E-state index in [4.69, 9.17) is 0 Å². The van der Waals surface area contributed by atoms with E-state index in [1.165, 1.54) is 7.11 Å². The summed E-state index contributed by atoms with van der Waals surface area (Å²) in [6.45, 7) is 5.81. The number of carbonyl (C=O) groups excluding carboxylic acids is 1. The van der Waals surface area contributed by atoms with Crippen LogP contribution in [0.1, 0.15) is 32.6 Å². The predicted molar refractivity (Wildman–Crippen MR) is 77.9 cm³/mol. The monoisotopic (exact) mass is 306 g/mol. The smallest absolute Gasteiger partial charge is 0.305 e. The summed E-state index contributed by atoms with van der Waals surface area (Å²) in [6.07, 6.45) is 2.53. The minimum absolute atomic E-state index is 0.0180. The van der Waals surface area contributed by atoms with Gasteiger partial charge in [0.1, 0.15) is 0 Å². The Labute approximate surface area is 121 Å². The van der Waals surface area contributed by atoms with Crippen LogP contribution in [0, 0.1) is 5.92 Å². The third kappa shape index (κ3) is 6.67. The quantitative estimate of drug-likeness (QED) is 0.664. The number of nitrogens with zero attached hydrogens (tertiary/aromatic N) is 1. The van der Waals surface area contributed by atoms with Crippen molar-refractivity contribution in [2.24, 2.45) is 5.92 Å². The Morgan fingerprint density at radius 1 is 1.35 bits per heavy atom. The lowest BCUT2D eigenvalue weighted by Gasteiger charge is -2.30. The third-order valence-electron chi connectivity index (χ3n) is 3.77. The molecule has 0 bridgehead atoms. The van der Waals surface area contributed by atoms with E-state index in [9.17, 15) is 13.2 Å². The van der Waals surface area contributed by atoms with Crippen LogP contribution < -0.4 is 4.72 Å². The van der Waals surface area contributed by atoms with Crippen molar-refractivity contribution in [1.82, 2.24) is 9.62 Å². The number of piperidine rings is 1. The number of methoxy groups -OCH3 is 1. The second kappa shape index (κ2) is 8.59. The molecule has 0 amide bonds. The Morgan fingerprint density at radius 2 is 2.00 bits per heavy atom. The van der Waals surface area contributed by atoms with Crippen LogP contribution in [0.5, 0.6) is 0 Å². The van der Waals surface area contributed by atoms with E-state index in [0.29, 0.717) is 18.9 Å². The molecule has 7 heteroatoms. The Kier molecular flexibility index (Phi) is 7.47. The Balaban J connectivity index is 2.21. The van der Waals surface area contributed by atoms with E-state index in [2.05, 4.69) is 21.3 Å². The minimum atomic E-state index is -3.28. The number of ether oxygens (including phenoxy) is 1. The highest BCUT2D eigenvalue weighted by atomic mass is 32.2. The predicted octanol–water partition coefficient (Wildman–Crippen LogP) is 0.591. The summed E-state index contributed by atoms with van der Waals surface area (Å²) in [7, 11) is -1.97. The summed E-state index contributed by atoms with van der Waals surface area (Å²) < 4.78 is 30.7. The van der Waals surface area contributed by atoms with Crippen molar-refractivity contribution >= 4 is 16.0 Å². The maximum atomic E-state index is 11.8. The van der Waals surface area contributed by atoms with Crippen LogP contribution in [-0.2, 0) is 19.6 Å². The molecule has 6 nitrogen and oxygen atoms in total. The van der Waals surface area contributed by atoms with Crippen LogP contribution in [0.3, 0.4) is 0 Å². The average Bonchev–Trinajstić information content (AvgIpc) is 2.45. The molecule has 1 saturated heterocycles. The van der Waals surface area contributed by atoms with Crippen LogP contribution in [0.2, 0.25) is 0 Å². The summed E-state index contributed by atoms with van der Waals surface area (Å²) >= 11 is 0. The van der Waals surface area contributed by atoms with Crippen LogP contribution in [0.25, 0.3) is 0 Å². The van der Waals surface area contributed by atoms with Crippen LogP contribution in [0.15, 0.2) is 0 Å². The van der Waals surface area contributed by atoms with Gasteiger partial charge in [0.15, 0.2) is 0 Å². The van der Waals surface area contributed by atoms with Gasteiger partial charge in [0, 0.05) is 13.0 Å². The van der Waals surface area contributed by atoms with Gasteiger partial charge in [-0.3, -0.25) is 4.79 Å². The van der Waals surface area contributed by atoms with Crippen molar-refractivity contribution in [3.8, 4) is 0 Å². The van der Waals surface area contributed by atoms with Gasteiger partial charge in [-0.25, -0.2) is 13.1 Å². The van der Waals surface area contributed by atoms with E-state index >= 15 is 0 Å². The summed E-state index contributed by atoms with van der Waals surface area (Å²) in [5.41, 5.74) is 0. The minimum Gasteiger partial charge on any atom is -0.469 e. The van der Waals surface area contributed by atoms with Crippen molar-refractivity contribution in [2.75, 3.05) is 39.0 Å². The molecule has 0 spiro atoms. The lowest BCUT2D eigenvalue weighted by Crippen LogP contribution is -2.39. The second-order valence-electron chi connectivity index (χ2n) is 5.22. The molecular formula is C13H26N2O4S. The first-order valence-electron chi connectivity index (χ1n) is 7.23. The van der Waals surface area contributed by atoms with Crippen molar-refractivity contribution < 1.29 is 17.9 Å². The van der Waals surface area contributed by atoms with Crippen molar-refractivity contribution in [3.63, 3.8) is 0 Å². The number of carbonyl (C=O) groups is 1. The van der Waals surface area contributed by atoms with E-state index in [1.54, 1.807) is 0 Å². The van der Waals surface area contributed by atoms with Crippen LogP contribution in [0.4, 0.5) is 0 Å². The second-order valence-corrected chi connectivity index (χ2v) is 7.15. The molecule has 1 heterocycles. The molecule has 1 aliphatic heterocycles. The number of sulfonamides is 1. The molecule has 20 heavy (non-hydrogen) atoms. The van der Waals surface area contributed by atoms with Gasteiger partial charge in [-0.15, -0.1) is 0 Å². The van der Waals surface area contributed by atoms with Gasteiger partial charge in [0.2, 0.25) is 10.0 Å². The number of rotatable bonds is 8. The zero-order chi connectivity index (χ0) is 15.0. The normalized spacial score (nSPS) is 18.1. The Hall–Kier alpha value is -0.660. The molecule has 0 aliphatic carbocycles. The van der Waals surface area contributed by atoms with Gasteiger partial charge in [-0.2, -0.15) is 0 Å². The van der Waals surface area contributed by atoms with E-state index < -0.39 is 10.0 Å². The van der Waals surface area contributed by atoms with Crippen molar-refractivity contribution in [3.05, 3.63) is 0 Å². The van der Waals surface area contributed by atoms with Crippen LogP contribution >= 0.6 is 0 Å². The van der Waals surface area contributed by atoms with Gasteiger partial charge >= 0.3 is 5.97 Å². The summed E-state index contributed by atoms with van der Waals surface area (Å²) in [5, 5.41) is 0. The lowest BCUT2D eigenvalue weighted by molar-refractivity contribution is -0.140. The zero-order valence-electron chi connectivity index (χ0n) is 12.4. The first-order valence-corrected chi connectivity index (χ1v) is 8.88. The highest BCUT2D eigenvalue weighted by molar-refractivity contribution is 7.89. The summed E-state index contributed by atoms with van der Waals surface area (Å²) in [6, 6.07) is 0. The standard InChI is InChI=1S/C13H26N2O4S/c1-3-15-8-6-12(7-9-15)11-14-20(17,18)10-4-5-13(16)19-2/h12,14H,3-11H2,1-2H3. The van der Waals surface area contributed by atoms with Gasteiger partial charge in [0.25, 0.3) is 0 Å². The molecular weight excluding hydrogens is 280 g/mol. The Bertz CT molecular complexity index is 389. The van der Waals surface area contributed by atoms with E-state index in [0.717, 1.165) is 32.5 Å². The maximum absolute atomic E-state index is 11.8. The van der Waals surface area contributed by atoms with Gasteiger partial charge in [-0.1, -0.05) is 6.92 Å². The molecule has 0 aromatic carbocycles. The molecule has 118 valence electrons. The highest BCUT2D eigenvalue weighted by Gasteiger charge is 2.20. The van der Waals surface area contributed by atoms with Gasteiger partial charge in [-0.05, 0) is 44.8 Å².